The van der Waals surface area contributed by atoms with Crippen LogP contribution in [-0.4, -0.2) is 49.6 Å². The molecule has 0 aliphatic rings. The van der Waals surface area contributed by atoms with Crippen LogP contribution in [-0.2, 0) is 26.3 Å². The molecule has 1 heterocycles. The third-order valence-electron chi connectivity index (χ3n) is 2.65. The number of aryl methyl sites for hydroxylation is 1. The summed E-state index contributed by atoms with van der Waals surface area (Å²) in [6.07, 6.45) is 1.57. The van der Waals surface area contributed by atoms with Gasteiger partial charge in [-0.05, 0) is 6.92 Å². The van der Waals surface area contributed by atoms with Crippen molar-refractivity contribution < 1.29 is 17.9 Å². The maximum absolute atomic E-state index is 11.9. The monoisotopic (exact) mass is 290 g/mol. The predicted octanol–water partition coefficient (Wildman–Crippen LogP) is -0.453. The Labute approximate surface area is 112 Å². The quantitative estimate of drug-likeness (QED) is 0.662. The molecule has 19 heavy (non-hydrogen) atoms. The van der Waals surface area contributed by atoms with Crippen LogP contribution in [0.4, 0.5) is 0 Å². The number of nitrogens with zero attached hydrogens (tertiary/aromatic N) is 2. The molecule has 0 atom stereocenters. The van der Waals surface area contributed by atoms with Gasteiger partial charge in [-0.1, -0.05) is 0 Å². The van der Waals surface area contributed by atoms with Crippen molar-refractivity contribution in [3.05, 3.63) is 17.5 Å². The van der Waals surface area contributed by atoms with Crippen LogP contribution in [0.15, 0.2) is 6.20 Å². The summed E-state index contributed by atoms with van der Waals surface area (Å²) < 4.78 is 31.7. The largest absolute Gasteiger partial charge is 0.469 e. The molecule has 0 saturated heterocycles. The van der Waals surface area contributed by atoms with E-state index in [0.29, 0.717) is 0 Å². The van der Waals surface area contributed by atoms with E-state index in [-0.39, 0.29) is 19.5 Å². The zero-order chi connectivity index (χ0) is 14.5. The number of ether oxygens (including phenoxy) is 1. The van der Waals surface area contributed by atoms with E-state index in [1.165, 1.54) is 14.2 Å². The molecule has 0 aromatic carbocycles. The maximum atomic E-state index is 11.9. The highest BCUT2D eigenvalue weighted by molar-refractivity contribution is 7.87. The number of methoxy groups -OCH3 is 1. The number of hydrogen-bond donors (Lipinski definition) is 2. The van der Waals surface area contributed by atoms with E-state index in [0.717, 1.165) is 15.6 Å². The highest BCUT2D eigenvalue weighted by Gasteiger charge is 2.18. The Kier molecular flexibility index (Phi) is 5.45. The van der Waals surface area contributed by atoms with Crippen molar-refractivity contribution in [3.8, 4) is 0 Å². The zero-order valence-corrected chi connectivity index (χ0v) is 12.0. The highest BCUT2D eigenvalue weighted by atomic mass is 32.2. The van der Waals surface area contributed by atoms with Crippen LogP contribution in [0.25, 0.3) is 0 Å². The van der Waals surface area contributed by atoms with Crippen LogP contribution in [0, 0.1) is 6.92 Å². The molecule has 1 rings (SSSR count). The molecule has 0 bridgehead atoms. The number of carbonyl (C=O) groups excluding carboxylic acids is 1. The fourth-order valence-electron chi connectivity index (χ4n) is 1.30. The lowest BCUT2D eigenvalue weighted by molar-refractivity contribution is -0.140. The van der Waals surface area contributed by atoms with Gasteiger partial charge in [0.15, 0.2) is 0 Å². The first-order valence-corrected chi connectivity index (χ1v) is 7.07. The number of H-pyrrole nitrogens is 1. The van der Waals surface area contributed by atoms with E-state index in [1.54, 1.807) is 13.1 Å². The SMILES string of the molecule is COC(=O)CCN(C)S(=O)(=O)NCc1cn[nH]c1C. The number of hydrogen-bond acceptors (Lipinski definition) is 5. The number of rotatable bonds is 7. The third kappa shape index (κ3) is 4.62. The van der Waals surface area contributed by atoms with Crippen molar-refractivity contribution in [1.82, 2.24) is 19.2 Å². The Hall–Kier alpha value is -1.45. The summed E-state index contributed by atoms with van der Waals surface area (Å²) >= 11 is 0. The maximum Gasteiger partial charge on any atom is 0.306 e. The summed E-state index contributed by atoms with van der Waals surface area (Å²) in [5, 5.41) is 6.53. The van der Waals surface area contributed by atoms with Gasteiger partial charge in [-0.3, -0.25) is 9.89 Å². The van der Waals surface area contributed by atoms with Gasteiger partial charge in [-0.25, -0.2) is 0 Å². The molecule has 8 nitrogen and oxygen atoms in total. The minimum Gasteiger partial charge on any atom is -0.469 e. The first-order chi connectivity index (χ1) is 8.86. The molecular weight excluding hydrogens is 272 g/mol. The minimum absolute atomic E-state index is 0.0125. The molecule has 0 spiro atoms. The van der Waals surface area contributed by atoms with Crippen LogP contribution in [0.3, 0.4) is 0 Å². The molecule has 0 unspecified atom stereocenters. The van der Waals surface area contributed by atoms with Gasteiger partial charge in [0.25, 0.3) is 10.2 Å². The molecule has 0 radical (unpaired) electrons. The summed E-state index contributed by atoms with van der Waals surface area (Å²) in [6, 6.07) is 0. The van der Waals surface area contributed by atoms with Gasteiger partial charge in [0.05, 0.1) is 19.7 Å². The van der Waals surface area contributed by atoms with E-state index in [2.05, 4.69) is 19.7 Å². The molecule has 0 fully saturated rings. The lowest BCUT2D eigenvalue weighted by atomic mass is 10.3. The summed E-state index contributed by atoms with van der Waals surface area (Å²) in [6.45, 7) is 2.01. The first kappa shape index (κ1) is 15.6. The molecule has 0 aliphatic heterocycles. The molecule has 0 aliphatic carbocycles. The molecular formula is C10H18N4O4S. The summed E-state index contributed by atoms with van der Waals surface area (Å²) in [5.74, 6) is -0.451. The van der Waals surface area contributed by atoms with Crippen molar-refractivity contribution in [1.29, 1.82) is 0 Å². The van der Waals surface area contributed by atoms with Crippen LogP contribution in [0.1, 0.15) is 17.7 Å². The number of aromatic nitrogens is 2. The fraction of sp³-hybridized carbons (Fsp3) is 0.600. The number of esters is 1. The van der Waals surface area contributed by atoms with Gasteiger partial charge in [-0.15, -0.1) is 0 Å². The Bertz CT molecular complexity index is 525. The molecule has 1 aromatic rings. The van der Waals surface area contributed by atoms with Crippen molar-refractivity contribution in [3.63, 3.8) is 0 Å². The van der Waals surface area contributed by atoms with Crippen molar-refractivity contribution >= 4 is 16.2 Å². The third-order valence-corrected chi connectivity index (χ3v) is 4.16. The number of nitrogens with one attached hydrogen (secondary N) is 2. The zero-order valence-electron chi connectivity index (χ0n) is 11.1. The molecule has 0 saturated carbocycles. The summed E-state index contributed by atoms with van der Waals surface area (Å²) in [7, 11) is -0.966. The van der Waals surface area contributed by atoms with E-state index >= 15 is 0 Å². The molecule has 1 aromatic heterocycles. The van der Waals surface area contributed by atoms with Gasteiger partial charge in [0.2, 0.25) is 0 Å². The van der Waals surface area contributed by atoms with Gasteiger partial charge >= 0.3 is 5.97 Å². The van der Waals surface area contributed by atoms with Gasteiger partial charge in [-0.2, -0.15) is 22.5 Å². The van der Waals surface area contributed by atoms with E-state index in [1.807, 2.05) is 0 Å². The first-order valence-electron chi connectivity index (χ1n) is 5.63. The molecule has 2 N–H and O–H groups in total. The Balaban J connectivity index is 2.51. The Morgan fingerprint density at radius 1 is 1.58 bits per heavy atom. The summed E-state index contributed by atoms with van der Waals surface area (Å²) in [4.78, 5) is 11.0. The lowest BCUT2D eigenvalue weighted by Crippen LogP contribution is -2.39. The second kappa shape index (κ2) is 6.64. The molecule has 9 heteroatoms. The Morgan fingerprint density at radius 3 is 2.79 bits per heavy atom. The van der Waals surface area contributed by atoms with Crippen molar-refractivity contribution in [2.75, 3.05) is 20.7 Å². The number of carbonyl (C=O) groups is 1. The van der Waals surface area contributed by atoms with Crippen molar-refractivity contribution in [2.24, 2.45) is 0 Å². The van der Waals surface area contributed by atoms with E-state index < -0.39 is 16.2 Å². The Morgan fingerprint density at radius 2 is 2.26 bits per heavy atom. The van der Waals surface area contributed by atoms with Crippen LogP contribution in [0.5, 0.6) is 0 Å². The van der Waals surface area contributed by atoms with Crippen LogP contribution >= 0.6 is 0 Å². The predicted molar refractivity (Wildman–Crippen MR) is 68.3 cm³/mol. The second-order valence-corrected chi connectivity index (χ2v) is 5.86. The average Bonchev–Trinajstić information content (AvgIpc) is 2.78. The van der Waals surface area contributed by atoms with E-state index in [4.69, 9.17) is 0 Å². The normalized spacial score (nSPS) is 11.8. The smallest absolute Gasteiger partial charge is 0.306 e. The van der Waals surface area contributed by atoms with Gasteiger partial charge in [0.1, 0.15) is 0 Å². The van der Waals surface area contributed by atoms with Gasteiger partial charge < -0.3 is 4.74 Å². The number of aromatic amines is 1. The molecule has 108 valence electrons. The van der Waals surface area contributed by atoms with Crippen molar-refractivity contribution in [2.45, 2.75) is 19.9 Å². The second-order valence-electron chi connectivity index (χ2n) is 3.99. The van der Waals surface area contributed by atoms with Crippen LogP contribution < -0.4 is 4.72 Å². The topological polar surface area (TPSA) is 104 Å². The minimum atomic E-state index is -3.62. The fourth-order valence-corrected chi connectivity index (χ4v) is 2.19. The van der Waals surface area contributed by atoms with E-state index in [9.17, 15) is 13.2 Å². The summed E-state index contributed by atoms with van der Waals surface area (Å²) in [5.41, 5.74) is 1.57. The lowest BCUT2D eigenvalue weighted by Gasteiger charge is -2.16. The average molecular weight is 290 g/mol. The molecule has 0 amide bonds. The van der Waals surface area contributed by atoms with Crippen LogP contribution in [0.2, 0.25) is 0 Å². The standard InChI is InChI=1S/C10H18N4O4S/c1-8-9(6-11-13-8)7-12-19(16,17)14(2)5-4-10(15)18-3/h6,12H,4-5,7H2,1-3H3,(H,11,13). The highest BCUT2D eigenvalue weighted by Crippen LogP contribution is 2.04. The van der Waals surface area contributed by atoms with Gasteiger partial charge in [0, 0.05) is 31.4 Å².